The molecule has 0 bridgehead atoms. The third kappa shape index (κ3) is 2.03. The molecule has 2 aliphatic heterocycles. The van der Waals surface area contributed by atoms with Gasteiger partial charge in [-0.2, -0.15) is 13.2 Å². The SMILES string of the molecule is FC(F)(F)c1ccc2n1CCN(C1CCC1)C21CCNCC1. The van der Waals surface area contributed by atoms with Crippen LogP contribution in [0, 0.1) is 0 Å². The van der Waals surface area contributed by atoms with E-state index in [4.69, 9.17) is 0 Å². The first-order chi connectivity index (χ1) is 10.5. The third-order valence-electron chi connectivity index (χ3n) is 5.81. The van der Waals surface area contributed by atoms with Gasteiger partial charge in [0.25, 0.3) is 0 Å². The van der Waals surface area contributed by atoms with Crippen LogP contribution in [0.2, 0.25) is 0 Å². The molecule has 3 aliphatic rings. The number of piperidine rings is 1. The number of hydrogen-bond acceptors (Lipinski definition) is 2. The molecular formula is C16H22F3N3. The highest BCUT2D eigenvalue weighted by Gasteiger charge is 2.49. The summed E-state index contributed by atoms with van der Waals surface area (Å²) in [7, 11) is 0. The Kier molecular flexibility index (Phi) is 3.31. The predicted molar refractivity (Wildman–Crippen MR) is 77.6 cm³/mol. The number of hydrogen-bond donors (Lipinski definition) is 1. The molecule has 0 atom stereocenters. The molecule has 1 saturated carbocycles. The standard InChI is InChI=1S/C16H22F3N3/c17-16(18,19)14-5-4-13-15(6-8-20-9-7-15)22(11-10-21(13)14)12-2-1-3-12/h4-5,12,20H,1-3,6-11H2. The van der Waals surface area contributed by atoms with Gasteiger partial charge in [-0.1, -0.05) is 6.42 Å². The predicted octanol–water partition coefficient (Wildman–Crippen LogP) is 2.95. The van der Waals surface area contributed by atoms with E-state index in [0.717, 1.165) is 38.2 Å². The van der Waals surface area contributed by atoms with Crippen molar-refractivity contribution in [2.24, 2.45) is 0 Å². The number of halogens is 3. The molecule has 22 heavy (non-hydrogen) atoms. The fraction of sp³-hybridized carbons (Fsp3) is 0.750. The van der Waals surface area contributed by atoms with E-state index in [1.54, 1.807) is 10.6 Å². The van der Waals surface area contributed by atoms with Gasteiger partial charge in [-0.25, -0.2) is 0 Å². The second kappa shape index (κ2) is 4.99. The Labute approximate surface area is 128 Å². The Morgan fingerprint density at radius 2 is 1.82 bits per heavy atom. The van der Waals surface area contributed by atoms with E-state index in [-0.39, 0.29) is 5.54 Å². The van der Waals surface area contributed by atoms with Crippen LogP contribution >= 0.6 is 0 Å². The summed E-state index contributed by atoms with van der Waals surface area (Å²) in [4.78, 5) is 2.53. The van der Waals surface area contributed by atoms with Gasteiger partial charge in [0.15, 0.2) is 0 Å². The second-order valence-electron chi connectivity index (χ2n) is 6.81. The first kappa shape index (κ1) is 14.6. The zero-order valence-electron chi connectivity index (χ0n) is 12.6. The molecule has 1 spiro atoms. The smallest absolute Gasteiger partial charge is 0.338 e. The van der Waals surface area contributed by atoms with Gasteiger partial charge < -0.3 is 9.88 Å². The van der Waals surface area contributed by atoms with Gasteiger partial charge in [0.1, 0.15) is 5.69 Å². The van der Waals surface area contributed by atoms with Crippen LogP contribution in [0.15, 0.2) is 12.1 Å². The number of nitrogens with zero attached hydrogens (tertiary/aromatic N) is 2. The molecule has 6 heteroatoms. The maximum absolute atomic E-state index is 13.3. The fourth-order valence-electron chi connectivity index (χ4n) is 4.55. The number of fused-ring (bicyclic) bond motifs is 2. The molecule has 3 heterocycles. The van der Waals surface area contributed by atoms with Gasteiger partial charge in [-0.05, 0) is 50.9 Å². The lowest BCUT2D eigenvalue weighted by Gasteiger charge is -2.55. The van der Waals surface area contributed by atoms with E-state index in [1.165, 1.54) is 25.3 Å². The number of rotatable bonds is 1. The van der Waals surface area contributed by atoms with Crippen molar-refractivity contribution in [3.63, 3.8) is 0 Å². The van der Waals surface area contributed by atoms with E-state index < -0.39 is 11.9 Å². The summed E-state index contributed by atoms with van der Waals surface area (Å²) in [5.74, 6) is 0. The highest BCUT2D eigenvalue weighted by molar-refractivity contribution is 5.29. The van der Waals surface area contributed by atoms with Gasteiger partial charge in [0.05, 0.1) is 5.54 Å². The van der Waals surface area contributed by atoms with Crippen molar-refractivity contribution in [2.45, 2.75) is 56.4 Å². The Balaban J connectivity index is 1.78. The Morgan fingerprint density at radius 1 is 1.09 bits per heavy atom. The van der Waals surface area contributed by atoms with Gasteiger partial charge in [-0.15, -0.1) is 0 Å². The lowest BCUT2D eigenvalue weighted by molar-refractivity contribution is -0.145. The molecule has 1 aliphatic carbocycles. The molecule has 2 fully saturated rings. The number of alkyl halides is 3. The van der Waals surface area contributed by atoms with Crippen molar-refractivity contribution >= 4 is 0 Å². The minimum atomic E-state index is -4.26. The average molecular weight is 313 g/mol. The minimum Gasteiger partial charge on any atom is -0.338 e. The van der Waals surface area contributed by atoms with Crippen molar-refractivity contribution < 1.29 is 13.2 Å². The van der Waals surface area contributed by atoms with Crippen molar-refractivity contribution in [3.8, 4) is 0 Å². The normalized spacial score (nSPS) is 26.0. The monoisotopic (exact) mass is 313 g/mol. The van der Waals surface area contributed by atoms with Crippen LogP contribution < -0.4 is 5.32 Å². The van der Waals surface area contributed by atoms with Crippen LogP contribution in [-0.2, 0) is 18.3 Å². The molecule has 122 valence electrons. The largest absolute Gasteiger partial charge is 0.431 e. The molecule has 1 N–H and O–H groups in total. The summed E-state index contributed by atoms with van der Waals surface area (Å²) < 4.78 is 41.3. The average Bonchev–Trinajstić information content (AvgIpc) is 2.86. The Morgan fingerprint density at radius 3 is 2.41 bits per heavy atom. The molecular weight excluding hydrogens is 291 g/mol. The van der Waals surface area contributed by atoms with Crippen molar-refractivity contribution in [1.29, 1.82) is 0 Å². The highest BCUT2D eigenvalue weighted by atomic mass is 19.4. The van der Waals surface area contributed by atoms with Crippen LogP contribution in [0.1, 0.15) is 43.5 Å². The van der Waals surface area contributed by atoms with Crippen molar-refractivity contribution in [3.05, 3.63) is 23.5 Å². The molecule has 0 amide bonds. The van der Waals surface area contributed by atoms with E-state index in [0.29, 0.717) is 12.6 Å². The van der Waals surface area contributed by atoms with Gasteiger partial charge >= 0.3 is 6.18 Å². The molecule has 3 nitrogen and oxygen atoms in total. The Bertz CT molecular complexity index is 553. The summed E-state index contributed by atoms with van der Waals surface area (Å²) in [6, 6.07) is 3.58. The second-order valence-corrected chi connectivity index (χ2v) is 6.81. The lowest BCUT2D eigenvalue weighted by Crippen LogP contribution is -2.61. The molecule has 0 aromatic carbocycles. The summed E-state index contributed by atoms with van der Waals surface area (Å²) in [6.07, 6.45) is 1.20. The van der Waals surface area contributed by atoms with E-state index >= 15 is 0 Å². The van der Waals surface area contributed by atoms with Crippen LogP contribution in [-0.4, -0.2) is 35.1 Å². The summed E-state index contributed by atoms with van der Waals surface area (Å²) in [5.41, 5.74) is 0.214. The maximum Gasteiger partial charge on any atom is 0.431 e. The topological polar surface area (TPSA) is 20.2 Å². The molecule has 1 aromatic rings. The van der Waals surface area contributed by atoms with E-state index in [2.05, 4.69) is 10.2 Å². The Hall–Kier alpha value is -1.01. The number of aromatic nitrogens is 1. The number of nitrogens with one attached hydrogen (secondary N) is 1. The van der Waals surface area contributed by atoms with Gasteiger partial charge in [-0.3, -0.25) is 4.90 Å². The van der Waals surface area contributed by atoms with Gasteiger partial charge in [0.2, 0.25) is 0 Å². The first-order valence-corrected chi connectivity index (χ1v) is 8.27. The molecule has 1 aromatic heterocycles. The lowest BCUT2D eigenvalue weighted by atomic mass is 9.77. The maximum atomic E-state index is 13.3. The third-order valence-corrected chi connectivity index (χ3v) is 5.81. The zero-order chi connectivity index (χ0) is 15.4. The quantitative estimate of drug-likeness (QED) is 0.860. The summed E-state index contributed by atoms with van der Waals surface area (Å²) in [5, 5.41) is 3.36. The van der Waals surface area contributed by atoms with E-state index in [1.807, 2.05) is 0 Å². The zero-order valence-corrected chi connectivity index (χ0v) is 12.6. The molecule has 0 radical (unpaired) electrons. The summed E-state index contributed by atoms with van der Waals surface area (Å²) >= 11 is 0. The summed E-state index contributed by atoms with van der Waals surface area (Å²) in [6.45, 7) is 2.98. The van der Waals surface area contributed by atoms with Crippen molar-refractivity contribution in [2.75, 3.05) is 19.6 Å². The van der Waals surface area contributed by atoms with Crippen LogP contribution in [0.25, 0.3) is 0 Å². The minimum absolute atomic E-state index is 0.196. The first-order valence-electron chi connectivity index (χ1n) is 8.27. The molecule has 0 unspecified atom stereocenters. The van der Waals surface area contributed by atoms with Crippen molar-refractivity contribution in [1.82, 2.24) is 14.8 Å². The van der Waals surface area contributed by atoms with E-state index in [9.17, 15) is 13.2 Å². The highest BCUT2D eigenvalue weighted by Crippen LogP contribution is 2.46. The van der Waals surface area contributed by atoms with Crippen LogP contribution in [0.3, 0.4) is 0 Å². The molecule has 4 rings (SSSR count). The van der Waals surface area contributed by atoms with Crippen LogP contribution in [0.5, 0.6) is 0 Å². The molecule has 1 saturated heterocycles. The fourth-order valence-corrected chi connectivity index (χ4v) is 4.55. The van der Waals surface area contributed by atoms with Crippen LogP contribution in [0.4, 0.5) is 13.2 Å². The van der Waals surface area contributed by atoms with Gasteiger partial charge in [0, 0.05) is 24.8 Å².